The van der Waals surface area contributed by atoms with E-state index in [1.165, 1.54) is 7.11 Å². The lowest BCUT2D eigenvalue weighted by molar-refractivity contribution is 0.0601. The number of esters is 1. The van der Waals surface area contributed by atoms with Gasteiger partial charge in [-0.2, -0.15) is 5.10 Å². The van der Waals surface area contributed by atoms with E-state index in [1.54, 1.807) is 18.3 Å². The van der Waals surface area contributed by atoms with E-state index >= 15 is 0 Å². The molecule has 19 heavy (non-hydrogen) atoms. The summed E-state index contributed by atoms with van der Waals surface area (Å²) in [6, 6.07) is 5.42. The van der Waals surface area contributed by atoms with E-state index in [0.29, 0.717) is 15.9 Å². The van der Waals surface area contributed by atoms with E-state index < -0.39 is 5.97 Å². The Morgan fingerprint density at radius 3 is 2.74 bits per heavy atom. The molecule has 0 aliphatic carbocycles. The van der Waals surface area contributed by atoms with Crippen molar-refractivity contribution in [1.82, 2.24) is 14.8 Å². The molecule has 2 aromatic rings. The van der Waals surface area contributed by atoms with Gasteiger partial charge in [-0.05, 0) is 48.0 Å². The zero-order valence-electron chi connectivity index (χ0n) is 10.9. The van der Waals surface area contributed by atoms with Gasteiger partial charge in [0.15, 0.2) is 0 Å². The van der Waals surface area contributed by atoms with Gasteiger partial charge >= 0.3 is 5.97 Å². The fourth-order valence-electron chi connectivity index (χ4n) is 1.82. The molecule has 0 spiro atoms. The van der Waals surface area contributed by atoms with Crippen LogP contribution in [0.2, 0.25) is 0 Å². The van der Waals surface area contributed by atoms with Crippen LogP contribution in [-0.2, 0) is 4.74 Å². The normalized spacial score (nSPS) is 10.8. The van der Waals surface area contributed by atoms with Crippen LogP contribution < -0.4 is 0 Å². The molecule has 2 heterocycles. The quantitative estimate of drug-likeness (QED) is 0.643. The maximum absolute atomic E-state index is 11.8. The number of carbonyl (C=O) groups excluding carboxylic acids is 1. The molecule has 0 aliphatic rings. The van der Waals surface area contributed by atoms with Gasteiger partial charge in [0.1, 0.15) is 10.3 Å². The third-order valence-corrected chi connectivity index (χ3v) is 3.11. The summed E-state index contributed by atoms with van der Waals surface area (Å²) in [7, 11) is 1.36. The number of halogens is 1. The van der Waals surface area contributed by atoms with Crippen LogP contribution in [0.15, 0.2) is 29.0 Å². The third kappa shape index (κ3) is 2.68. The molecule has 0 saturated carbocycles. The highest BCUT2D eigenvalue weighted by molar-refractivity contribution is 9.10. The second kappa shape index (κ2) is 5.52. The fraction of sp³-hybridized carbons (Fsp3) is 0.308. The lowest BCUT2D eigenvalue weighted by Gasteiger charge is -2.13. The number of hydrogen-bond donors (Lipinski definition) is 0. The first-order valence-electron chi connectivity index (χ1n) is 5.83. The van der Waals surface area contributed by atoms with Crippen molar-refractivity contribution < 1.29 is 9.53 Å². The molecular weight excluding hydrogens is 310 g/mol. The summed E-state index contributed by atoms with van der Waals surface area (Å²) in [4.78, 5) is 16.2. The lowest BCUT2D eigenvalue weighted by atomic mass is 10.1. The van der Waals surface area contributed by atoms with Crippen LogP contribution in [0.5, 0.6) is 0 Å². The Bertz CT molecular complexity index is 608. The van der Waals surface area contributed by atoms with Gasteiger partial charge in [0, 0.05) is 12.2 Å². The number of aromatic nitrogens is 3. The van der Waals surface area contributed by atoms with Crippen molar-refractivity contribution >= 4 is 21.9 Å². The molecule has 6 heteroatoms. The lowest BCUT2D eigenvalue weighted by Crippen LogP contribution is -2.10. The van der Waals surface area contributed by atoms with Gasteiger partial charge in [0.2, 0.25) is 0 Å². The van der Waals surface area contributed by atoms with Crippen molar-refractivity contribution in [1.29, 1.82) is 0 Å². The third-order valence-electron chi connectivity index (χ3n) is 2.67. The van der Waals surface area contributed by atoms with Crippen LogP contribution >= 0.6 is 15.9 Å². The summed E-state index contributed by atoms with van der Waals surface area (Å²) in [5, 5.41) is 4.26. The first-order valence-corrected chi connectivity index (χ1v) is 6.62. The maximum Gasteiger partial charge on any atom is 0.340 e. The summed E-state index contributed by atoms with van der Waals surface area (Å²) in [6.45, 7) is 4.04. The van der Waals surface area contributed by atoms with Gasteiger partial charge in [0.25, 0.3) is 0 Å². The smallest absolute Gasteiger partial charge is 0.340 e. The first kappa shape index (κ1) is 13.7. The zero-order chi connectivity index (χ0) is 14.0. The molecule has 100 valence electrons. The number of nitrogens with zero attached hydrogens (tertiary/aromatic N) is 3. The largest absolute Gasteiger partial charge is 0.465 e. The molecule has 0 aromatic carbocycles. The molecule has 0 fully saturated rings. The highest BCUT2D eigenvalue weighted by atomic mass is 79.9. The molecule has 0 bridgehead atoms. The average Bonchev–Trinajstić information content (AvgIpc) is 2.87. The van der Waals surface area contributed by atoms with E-state index in [9.17, 15) is 4.79 Å². The predicted octanol–water partition coefficient (Wildman–Crippen LogP) is 3.08. The fourth-order valence-corrected chi connectivity index (χ4v) is 2.13. The van der Waals surface area contributed by atoms with Gasteiger partial charge in [-0.1, -0.05) is 0 Å². The van der Waals surface area contributed by atoms with E-state index in [1.807, 2.05) is 24.6 Å². The van der Waals surface area contributed by atoms with E-state index in [0.717, 1.165) is 5.69 Å². The van der Waals surface area contributed by atoms with Crippen LogP contribution in [0.25, 0.3) is 11.4 Å². The second-order valence-corrected chi connectivity index (χ2v) is 5.09. The van der Waals surface area contributed by atoms with Gasteiger partial charge in [-0.25, -0.2) is 9.78 Å². The van der Waals surface area contributed by atoms with Crippen LogP contribution in [0.3, 0.4) is 0 Å². The molecule has 0 saturated heterocycles. The highest BCUT2D eigenvalue weighted by Gasteiger charge is 2.19. The summed E-state index contributed by atoms with van der Waals surface area (Å²) in [5.41, 5.74) is 1.78. The van der Waals surface area contributed by atoms with Gasteiger partial charge in [-0.3, -0.25) is 4.68 Å². The Kier molecular flexibility index (Phi) is 3.99. The second-order valence-electron chi connectivity index (χ2n) is 4.28. The van der Waals surface area contributed by atoms with E-state index in [-0.39, 0.29) is 6.04 Å². The van der Waals surface area contributed by atoms with Gasteiger partial charge in [0.05, 0.1) is 18.4 Å². The molecule has 0 radical (unpaired) electrons. The Morgan fingerprint density at radius 2 is 2.11 bits per heavy atom. The molecule has 2 aromatic heterocycles. The Labute approximate surface area is 119 Å². The van der Waals surface area contributed by atoms with Crippen LogP contribution in [0, 0.1) is 0 Å². The number of methoxy groups -OCH3 is 1. The van der Waals surface area contributed by atoms with Crippen LogP contribution in [0.4, 0.5) is 0 Å². The Balaban J connectivity index is 2.63. The average molecular weight is 324 g/mol. The monoisotopic (exact) mass is 323 g/mol. The topological polar surface area (TPSA) is 57.0 Å². The minimum absolute atomic E-state index is 0.177. The van der Waals surface area contributed by atoms with Crippen molar-refractivity contribution in [2.24, 2.45) is 0 Å². The minimum atomic E-state index is -0.411. The summed E-state index contributed by atoms with van der Waals surface area (Å²) < 4.78 is 7.27. The van der Waals surface area contributed by atoms with Gasteiger partial charge < -0.3 is 4.74 Å². The van der Waals surface area contributed by atoms with E-state index in [2.05, 4.69) is 26.0 Å². The molecule has 2 rings (SSSR count). The standard InChI is InChI=1S/C13H14BrN3O2/c1-8(2)17-10(6-7-15-17)12-9(13(18)19-3)4-5-11(14)16-12/h4-8H,1-3H3. The van der Waals surface area contributed by atoms with Crippen molar-refractivity contribution in [2.45, 2.75) is 19.9 Å². The maximum atomic E-state index is 11.8. The minimum Gasteiger partial charge on any atom is -0.465 e. The summed E-state index contributed by atoms with van der Waals surface area (Å²) in [5.74, 6) is -0.411. The number of carbonyl (C=O) groups is 1. The van der Waals surface area contributed by atoms with Crippen molar-refractivity contribution in [3.05, 3.63) is 34.6 Å². The number of pyridine rings is 1. The highest BCUT2D eigenvalue weighted by Crippen LogP contribution is 2.26. The molecule has 5 nitrogen and oxygen atoms in total. The summed E-state index contributed by atoms with van der Waals surface area (Å²) >= 11 is 3.32. The summed E-state index contributed by atoms with van der Waals surface area (Å²) in [6.07, 6.45) is 1.69. The van der Waals surface area contributed by atoms with Crippen LogP contribution in [0.1, 0.15) is 30.2 Å². The number of ether oxygens (including phenoxy) is 1. The van der Waals surface area contributed by atoms with Crippen molar-refractivity contribution in [2.75, 3.05) is 7.11 Å². The SMILES string of the molecule is COC(=O)c1ccc(Br)nc1-c1ccnn1C(C)C. The Morgan fingerprint density at radius 1 is 1.37 bits per heavy atom. The molecule has 0 aliphatic heterocycles. The molecule has 0 atom stereocenters. The number of rotatable bonds is 3. The Hall–Kier alpha value is -1.69. The molecule has 0 amide bonds. The molecule has 0 unspecified atom stereocenters. The zero-order valence-corrected chi connectivity index (χ0v) is 12.5. The van der Waals surface area contributed by atoms with E-state index in [4.69, 9.17) is 4.74 Å². The van der Waals surface area contributed by atoms with Crippen molar-refractivity contribution in [3.63, 3.8) is 0 Å². The molecule has 0 N–H and O–H groups in total. The van der Waals surface area contributed by atoms with Crippen molar-refractivity contribution in [3.8, 4) is 11.4 Å². The predicted molar refractivity (Wildman–Crippen MR) is 74.9 cm³/mol. The number of hydrogen-bond acceptors (Lipinski definition) is 4. The first-order chi connectivity index (χ1) is 9.04. The van der Waals surface area contributed by atoms with Gasteiger partial charge in [-0.15, -0.1) is 0 Å². The molecular formula is C13H14BrN3O2. The van der Waals surface area contributed by atoms with Crippen LogP contribution in [-0.4, -0.2) is 27.8 Å².